The molecule has 1 aromatic carbocycles. The van der Waals surface area contributed by atoms with Gasteiger partial charge in [-0.05, 0) is 57.4 Å². The maximum atomic E-state index is 13.3. The Morgan fingerprint density at radius 1 is 1.24 bits per heavy atom. The van der Waals surface area contributed by atoms with Gasteiger partial charge in [0, 0.05) is 19.3 Å². The van der Waals surface area contributed by atoms with Crippen molar-refractivity contribution in [2.24, 2.45) is 0 Å². The molecule has 1 saturated heterocycles. The number of methoxy groups -OCH3 is 1. The van der Waals surface area contributed by atoms with Crippen molar-refractivity contribution in [2.45, 2.75) is 76.2 Å². The van der Waals surface area contributed by atoms with E-state index in [1.54, 1.807) is 35.1 Å². The predicted molar refractivity (Wildman–Crippen MR) is 140 cm³/mol. The molecule has 4 atom stereocenters. The van der Waals surface area contributed by atoms with E-state index in [4.69, 9.17) is 13.9 Å². The number of amides is 3. The van der Waals surface area contributed by atoms with Crippen LogP contribution in [0.1, 0.15) is 73.7 Å². The highest BCUT2D eigenvalue weighted by Crippen LogP contribution is 2.34. The summed E-state index contributed by atoms with van der Waals surface area (Å²) in [6.45, 7) is 5.11. The van der Waals surface area contributed by atoms with Gasteiger partial charge in [0.05, 0.1) is 31.4 Å². The molecule has 0 radical (unpaired) electrons. The number of carbonyl (C=O) groups excluding carboxylic acids is 2. The first kappa shape index (κ1) is 28.9. The summed E-state index contributed by atoms with van der Waals surface area (Å²) >= 11 is 0. The number of urea groups is 1. The molecule has 1 saturated carbocycles. The van der Waals surface area contributed by atoms with Crippen molar-refractivity contribution in [3.05, 3.63) is 47.6 Å². The molecule has 41 heavy (non-hydrogen) atoms. The molecule has 2 aliphatic rings. The number of benzene rings is 1. The number of carbonyl (C=O) groups is 2. The molecule has 2 N–H and O–H groups in total. The topological polar surface area (TPSA) is 124 Å². The third-order valence-corrected chi connectivity index (χ3v) is 7.19. The van der Waals surface area contributed by atoms with Crippen molar-refractivity contribution in [2.75, 3.05) is 20.3 Å². The van der Waals surface area contributed by atoms with Gasteiger partial charge in [-0.25, -0.2) is 9.78 Å². The second kappa shape index (κ2) is 11.3. The zero-order chi connectivity index (χ0) is 29.5. The first-order valence-corrected chi connectivity index (χ1v) is 13.5. The lowest BCUT2D eigenvalue weighted by atomic mass is 10.1. The van der Waals surface area contributed by atoms with Crippen LogP contribution in [-0.4, -0.2) is 76.3 Å². The van der Waals surface area contributed by atoms with Gasteiger partial charge in [-0.2, -0.15) is 18.3 Å². The lowest BCUT2D eigenvalue weighted by molar-refractivity contribution is -0.150. The maximum Gasteiger partial charge on any atom is 0.410 e. The summed E-state index contributed by atoms with van der Waals surface area (Å²) in [6.07, 6.45) is -1.52. The van der Waals surface area contributed by atoms with E-state index in [-0.39, 0.29) is 30.6 Å². The summed E-state index contributed by atoms with van der Waals surface area (Å²) in [4.78, 5) is 31.5. The number of alkyl halides is 3. The molecule has 0 bridgehead atoms. The number of oxazole rings is 1. The Balaban J connectivity index is 1.43. The fourth-order valence-electron chi connectivity index (χ4n) is 4.92. The highest BCUT2D eigenvalue weighted by Gasteiger charge is 2.48. The molecule has 2 aromatic heterocycles. The normalized spacial score (nSPS) is 20.0. The number of aromatic nitrogens is 3. The summed E-state index contributed by atoms with van der Waals surface area (Å²) in [7, 11) is 1.41. The fraction of sp³-hybridized carbons (Fsp3) is 0.556. The van der Waals surface area contributed by atoms with Gasteiger partial charge in [-0.1, -0.05) is 6.07 Å². The molecule has 5 rings (SSSR count). The Bertz CT molecular complexity index is 1400. The zero-order valence-corrected chi connectivity index (χ0v) is 23.1. The molecule has 2 fully saturated rings. The quantitative estimate of drug-likeness (QED) is 0.348. The first-order valence-electron chi connectivity index (χ1n) is 13.5. The van der Waals surface area contributed by atoms with E-state index in [9.17, 15) is 22.8 Å². The van der Waals surface area contributed by atoms with Crippen molar-refractivity contribution >= 4 is 23.0 Å². The molecule has 3 amide bonds. The second-order valence-electron chi connectivity index (χ2n) is 10.7. The number of hydrogen-bond acceptors (Lipinski definition) is 7. The molecule has 3 heterocycles. The lowest BCUT2D eigenvalue weighted by Crippen LogP contribution is -2.40. The number of fused-ring (bicyclic) bond motifs is 1. The molecule has 1 aliphatic carbocycles. The van der Waals surface area contributed by atoms with Gasteiger partial charge < -0.3 is 29.4 Å². The van der Waals surface area contributed by atoms with E-state index >= 15 is 0 Å². The third-order valence-electron chi connectivity index (χ3n) is 7.19. The average molecular weight is 579 g/mol. The van der Waals surface area contributed by atoms with Gasteiger partial charge in [-0.3, -0.25) is 9.48 Å². The van der Waals surface area contributed by atoms with Crippen LogP contribution < -0.4 is 10.6 Å². The molecular weight excluding hydrogens is 545 g/mol. The van der Waals surface area contributed by atoms with Crippen LogP contribution in [0.2, 0.25) is 0 Å². The maximum absolute atomic E-state index is 13.3. The Morgan fingerprint density at radius 2 is 2.00 bits per heavy atom. The third kappa shape index (κ3) is 6.17. The summed E-state index contributed by atoms with van der Waals surface area (Å²) < 4.78 is 58.9. The minimum atomic E-state index is -4.57. The molecule has 11 nitrogen and oxygen atoms in total. The van der Waals surface area contributed by atoms with Crippen LogP contribution in [0.15, 0.2) is 34.9 Å². The largest absolute Gasteiger partial charge is 0.438 e. The lowest BCUT2D eigenvalue weighted by Gasteiger charge is -2.27. The van der Waals surface area contributed by atoms with E-state index < -0.39 is 43.0 Å². The summed E-state index contributed by atoms with van der Waals surface area (Å²) in [5, 5.41) is 9.21. The molecular formula is C27H33F3N6O5. The van der Waals surface area contributed by atoms with Gasteiger partial charge in [-0.15, -0.1) is 0 Å². The average Bonchev–Trinajstić information content (AvgIpc) is 3.29. The van der Waals surface area contributed by atoms with Crippen LogP contribution in [0.4, 0.5) is 18.0 Å². The van der Waals surface area contributed by atoms with Crippen molar-refractivity contribution in [3.8, 4) is 0 Å². The van der Waals surface area contributed by atoms with E-state index in [0.29, 0.717) is 22.4 Å². The van der Waals surface area contributed by atoms with Gasteiger partial charge in [0.15, 0.2) is 5.58 Å². The highest BCUT2D eigenvalue weighted by molar-refractivity contribution is 5.92. The minimum absolute atomic E-state index is 0.0251. The molecule has 14 heteroatoms. The molecule has 222 valence electrons. The molecule has 1 aliphatic heterocycles. The van der Waals surface area contributed by atoms with E-state index in [2.05, 4.69) is 15.4 Å². The number of hydrogen-bond donors (Lipinski definition) is 2. The Hall–Kier alpha value is -3.65. The van der Waals surface area contributed by atoms with Crippen LogP contribution in [0.25, 0.3) is 11.1 Å². The minimum Gasteiger partial charge on any atom is -0.438 e. The zero-order valence-electron chi connectivity index (χ0n) is 23.1. The highest BCUT2D eigenvalue weighted by atomic mass is 19.4. The standard InChI is InChI=1S/C27H33F3N6O5/c1-14(2)36-19(9-10-31-36)24(37)34-23(15(3)40-17-6-7-17)25-32-18-11-16(5-8-21(18)41-25)20(13-39-4)35-12-22(27(28,29)30)33-26(35)38/h5,8-11,14-15,17,20,22-23H,6-7,12-13H2,1-4H3,(H,33,38)(H,34,37)/t15-,20-,22+,23+/m1/s1. The van der Waals surface area contributed by atoms with E-state index in [0.717, 1.165) is 17.7 Å². The van der Waals surface area contributed by atoms with Crippen LogP contribution in [0.5, 0.6) is 0 Å². The number of ether oxygens (including phenoxy) is 2. The number of nitrogens with one attached hydrogen (secondary N) is 2. The van der Waals surface area contributed by atoms with Gasteiger partial charge in [0.2, 0.25) is 5.89 Å². The van der Waals surface area contributed by atoms with Crippen molar-refractivity contribution < 1.29 is 36.7 Å². The second-order valence-corrected chi connectivity index (χ2v) is 10.7. The number of halogens is 3. The summed E-state index contributed by atoms with van der Waals surface area (Å²) in [6, 6.07) is 2.22. The summed E-state index contributed by atoms with van der Waals surface area (Å²) in [5.41, 5.74) is 1.73. The Morgan fingerprint density at radius 3 is 2.63 bits per heavy atom. The fourth-order valence-corrected chi connectivity index (χ4v) is 4.92. The SMILES string of the molecule is COC[C@H](c1ccc2oc([C@@H](NC(=O)c3ccnn3C(C)C)[C@@H](C)OC3CC3)nc2c1)N1C[C@@H](C(F)(F)F)NC1=O. The van der Waals surface area contributed by atoms with Gasteiger partial charge in [0.25, 0.3) is 5.91 Å². The summed E-state index contributed by atoms with van der Waals surface area (Å²) in [5.74, 6) is -0.150. The van der Waals surface area contributed by atoms with Crippen molar-refractivity contribution in [1.82, 2.24) is 30.3 Å². The molecule has 0 spiro atoms. The van der Waals surface area contributed by atoms with E-state index in [1.807, 2.05) is 26.1 Å². The molecule has 3 aromatic rings. The van der Waals surface area contributed by atoms with Crippen LogP contribution in [0.3, 0.4) is 0 Å². The van der Waals surface area contributed by atoms with Crippen LogP contribution >= 0.6 is 0 Å². The Labute approximate surface area is 234 Å². The van der Waals surface area contributed by atoms with Gasteiger partial charge in [0.1, 0.15) is 23.3 Å². The molecule has 0 unspecified atom stereocenters. The van der Waals surface area contributed by atoms with Gasteiger partial charge >= 0.3 is 12.2 Å². The van der Waals surface area contributed by atoms with Crippen molar-refractivity contribution in [3.63, 3.8) is 0 Å². The number of nitrogens with zero attached hydrogens (tertiary/aromatic N) is 4. The van der Waals surface area contributed by atoms with Crippen molar-refractivity contribution in [1.29, 1.82) is 0 Å². The number of rotatable bonds is 11. The smallest absolute Gasteiger partial charge is 0.410 e. The van der Waals surface area contributed by atoms with Crippen LogP contribution in [-0.2, 0) is 9.47 Å². The van der Waals surface area contributed by atoms with Crippen LogP contribution in [0, 0.1) is 0 Å². The van der Waals surface area contributed by atoms with E-state index in [1.165, 1.54) is 7.11 Å². The predicted octanol–water partition coefficient (Wildman–Crippen LogP) is 4.29. The Kier molecular flexibility index (Phi) is 7.97. The first-order chi connectivity index (χ1) is 19.5. The monoisotopic (exact) mass is 578 g/mol.